The first-order chi connectivity index (χ1) is 6.86. The van der Waals surface area contributed by atoms with Gasteiger partial charge in [0.15, 0.2) is 0 Å². The van der Waals surface area contributed by atoms with Gasteiger partial charge in [-0.05, 0) is 18.2 Å². The summed E-state index contributed by atoms with van der Waals surface area (Å²) in [5.41, 5.74) is 1.28. The van der Waals surface area contributed by atoms with E-state index in [-0.39, 0.29) is 0 Å². The summed E-state index contributed by atoms with van der Waals surface area (Å²) in [5.74, 6) is -0.484. The minimum absolute atomic E-state index is 0.484. The van der Waals surface area contributed by atoms with Crippen LogP contribution in [0.25, 0.3) is 11.4 Å². The van der Waals surface area contributed by atoms with Crippen molar-refractivity contribution in [3.63, 3.8) is 0 Å². The number of H-pyrrole nitrogens is 1. The van der Waals surface area contributed by atoms with Gasteiger partial charge in [-0.25, -0.2) is 4.98 Å². The molecular formula is C10H12FN3. The van der Waals surface area contributed by atoms with Crippen LogP contribution >= 0.6 is 0 Å². The van der Waals surface area contributed by atoms with E-state index in [1.807, 2.05) is 13.8 Å². The van der Waals surface area contributed by atoms with Crippen molar-refractivity contribution < 1.29 is 4.39 Å². The summed E-state index contributed by atoms with van der Waals surface area (Å²) in [7, 11) is 0. The van der Waals surface area contributed by atoms with E-state index in [2.05, 4.69) is 15.2 Å². The molecule has 0 aliphatic rings. The van der Waals surface area contributed by atoms with Gasteiger partial charge in [-0.2, -0.15) is 9.49 Å². The van der Waals surface area contributed by atoms with Crippen LogP contribution in [0.5, 0.6) is 0 Å². The first-order valence-electron chi connectivity index (χ1n) is 4.48. The minimum atomic E-state index is -0.484. The molecule has 1 N–H and O–H groups in total. The Morgan fingerprint density at radius 3 is 2.57 bits per heavy atom. The van der Waals surface area contributed by atoms with Crippen molar-refractivity contribution in [1.29, 1.82) is 0 Å². The standard InChI is InChI=1S/C8H6FN3.C2H6/c9-8-3-1-2-6(11-8)7-4-5-10-12-7;1-2/h1-5H,(H,10,12);1-2H3. The van der Waals surface area contributed by atoms with Gasteiger partial charge in [0.1, 0.15) is 0 Å². The summed E-state index contributed by atoms with van der Waals surface area (Å²) in [6.45, 7) is 4.00. The van der Waals surface area contributed by atoms with Gasteiger partial charge in [-0.3, -0.25) is 5.10 Å². The van der Waals surface area contributed by atoms with Gasteiger partial charge in [-0.15, -0.1) is 0 Å². The van der Waals surface area contributed by atoms with Crippen LogP contribution in [0.15, 0.2) is 30.5 Å². The number of hydrogen-bond donors (Lipinski definition) is 1. The summed E-state index contributed by atoms with van der Waals surface area (Å²) >= 11 is 0. The molecule has 2 aromatic rings. The van der Waals surface area contributed by atoms with Crippen molar-refractivity contribution in [2.45, 2.75) is 13.8 Å². The monoisotopic (exact) mass is 193 g/mol. The number of halogens is 1. The lowest BCUT2D eigenvalue weighted by atomic mass is 10.3. The molecular weight excluding hydrogens is 181 g/mol. The quantitative estimate of drug-likeness (QED) is 0.707. The molecule has 0 unspecified atom stereocenters. The molecule has 74 valence electrons. The number of nitrogens with zero attached hydrogens (tertiary/aromatic N) is 2. The fraction of sp³-hybridized carbons (Fsp3) is 0.200. The predicted molar refractivity (Wildman–Crippen MR) is 53.1 cm³/mol. The largest absolute Gasteiger partial charge is 0.276 e. The fourth-order valence-electron chi connectivity index (χ4n) is 0.957. The highest BCUT2D eigenvalue weighted by Gasteiger charge is 2.00. The molecule has 0 aliphatic heterocycles. The molecule has 2 aromatic heterocycles. The van der Waals surface area contributed by atoms with Gasteiger partial charge in [0.2, 0.25) is 5.95 Å². The van der Waals surface area contributed by atoms with Gasteiger partial charge in [0.05, 0.1) is 11.4 Å². The molecule has 0 bridgehead atoms. The van der Waals surface area contributed by atoms with Gasteiger partial charge < -0.3 is 0 Å². The highest BCUT2D eigenvalue weighted by Crippen LogP contribution is 2.12. The highest BCUT2D eigenvalue weighted by molar-refractivity contribution is 5.52. The third-order valence-corrected chi connectivity index (χ3v) is 1.49. The second kappa shape index (κ2) is 5.11. The van der Waals surface area contributed by atoms with Crippen LogP contribution in [0.4, 0.5) is 4.39 Å². The van der Waals surface area contributed by atoms with Gasteiger partial charge in [0.25, 0.3) is 0 Å². The fourth-order valence-corrected chi connectivity index (χ4v) is 0.957. The smallest absolute Gasteiger partial charge is 0.213 e. The van der Waals surface area contributed by atoms with E-state index >= 15 is 0 Å². The Bertz CT molecular complexity index is 371. The molecule has 14 heavy (non-hydrogen) atoms. The van der Waals surface area contributed by atoms with Crippen LogP contribution in [-0.2, 0) is 0 Å². The van der Waals surface area contributed by atoms with Crippen molar-refractivity contribution in [2.24, 2.45) is 0 Å². The maximum atomic E-state index is 12.6. The Morgan fingerprint density at radius 1 is 1.21 bits per heavy atom. The first kappa shape index (κ1) is 10.4. The lowest BCUT2D eigenvalue weighted by molar-refractivity contribution is 0.585. The summed E-state index contributed by atoms with van der Waals surface area (Å²) in [6.07, 6.45) is 1.60. The SMILES string of the molecule is CC.Fc1cccc(-c2ccn[nH]2)n1. The second-order valence-corrected chi connectivity index (χ2v) is 2.32. The molecule has 0 aliphatic carbocycles. The molecule has 4 heteroatoms. The molecule has 3 nitrogen and oxygen atoms in total. The predicted octanol–water partition coefficient (Wildman–Crippen LogP) is 2.64. The lowest BCUT2D eigenvalue weighted by Crippen LogP contribution is -1.86. The van der Waals surface area contributed by atoms with Crippen LogP contribution in [0.2, 0.25) is 0 Å². The van der Waals surface area contributed by atoms with Crippen LogP contribution in [-0.4, -0.2) is 15.2 Å². The molecule has 0 spiro atoms. The summed E-state index contributed by atoms with van der Waals surface area (Å²) in [6, 6.07) is 6.37. The van der Waals surface area contributed by atoms with Gasteiger partial charge >= 0.3 is 0 Å². The molecule has 2 rings (SSSR count). The van der Waals surface area contributed by atoms with Crippen molar-refractivity contribution in [3.8, 4) is 11.4 Å². The van der Waals surface area contributed by atoms with Crippen LogP contribution < -0.4 is 0 Å². The van der Waals surface area contributed by atoms with Crippen molar-refractivity contribution in [1.82, 2.24) is 15.2 Å². The number of aromatic amines is 1. The van der Waals surface area contributed by atoms with Crippen molar-refractivity contribution in [2.75, 3.05) is 0 Å². The topological polar surface area (TPSA) is 41.6 Å². The maximum Gasteiger partial charge on any atom is 0.213 e. The third-order valence-electron chi connectivity index (χ3n) is 1.49. The Kier molecular flexibility index (Phi) is 3.79. The zero-order valence-corrected chi connectivity index (χ0v) is 8.16. The van der Waals surface area contributed by atoms with E-state index in [9.17, 15) is 4.39 Å². The number of hydrogen-bond acceptors (Lipinski definition) is 2. The first-order valence-corrected chi connectivity index (χ1v) is 4.48. The van der Waals surface area contributed by atoms with Crippen LogP contribution in [0.3, 0.4) is 0 Å². The summed E-state index contributed by atoms with van der Waals surface area (Å²) in [4.78, 5) is 3.68. The molecule has 0 fully saturated rings. The van der Waals surface area contributed by atoms with E-state index in [1.54, 1.807) is 24.4 Å². The molecule has 0 amide bonds. The van der Waals surface area contributed by atoms with Crippen molar-refractivity contribution in [3.05, 3.63) is 36.4 Å². The van der Waals surface area contributed by atoms with E-state index in [4.69, 9.17) is 0 Å². The van der Waals surface area contributed by atoms with Crippen molar-refractivity contribution >= 4 is 0 Å². The summed E-state index contributed by atoms with van der Waals surface area (Å²) < 4.78 is 12.6. The molecule has 0 atom stereocenters. The Balaban J connectivity index is 0.000000461. The molecule has 0 radical (unpaired) electrons. The summed E-state index contributed by atoms with van der Waals surface area (Å²) in [5, 5.41) is 6.44. The van der Waals surface area contributed by atoms with E-state index < -0.39 is 5.95 Å². The second-order valence-electron chi connectivity index (χ2n) is 2.32. The van der Waals surface area contributed by atoms with Crippen LogP contribution in [0.1, 0.15) is 13.8 Å². The zero-order valence-electron chi connectivity index (χ0n) is 8.16. The third kappa shape index (κ3) is 2.39. The maximum absolute atomic E-state index is 12.6. The Labute approximate surface area is 82.0 Å². The molecule has 2 heterocycles. The normalized spacial score (nSPS) is 9.07. The number of aromatic nitrogens is 3. The minimum Gasteiger partial charge on any atom is -0.276 e. The molecule has 0 saturated heterocycles. The van der Waals surface area contributed by atoms with Gasteiger partial charge in [0, 0.05) is 6.20 Å². The number of rotatable bonds is 1. The van der Waals surface area contributed by atoms with E-state index in [0.717, 1.165) is 5.69 Å². The number of nitrogens with one attached hydrogen (secondary N) is 1. The van der Waals surface area contributed by atoms with E-state index in [1.165, 1.54) is 6.07 Å². The Hall–Kier alpha value is -1.71. The molecule has 0 aromatic carbocycles. The molecule has 0 saturated carbocycles. The Morgan fingerprint density at radius 2 is 2.00 bits per heavy atom. The highest BCUT2D eigenvalue weighted by atomic mass is 19.1. The zero-order chi connectivity index (χ0) is 10.4. The number of pyridine rings is 1. The average molecular weight is 193 g/mol. The van der Waals surface area contributed by atoms with E-state index in [0.29, 0.717) is 5.69 Å². The van der Waals surface area contributed by atoms with Crippen LogP contribution in [0, 0.1) is 5.95 Å². The lowest BCUT2D eigenvalue weighted by Gasteiger charge is -1.94. The average Bonchev–Trinajstić information content (AvgIpc) is 2.74. The van der Waals surface area contributed by atoms with Gasteiger partial charge in [-0.1, -0.05) is 19.9 Å².